The summed E-state index contributed by atoms with van der Waals surface area (Å²) < 4.78 is 31.6. The van der Waals surface area contributed by atoms with Crippen LogP contribution in [0.25, 0.3) is 22.8 Å². The molecule has 0 fully saturated rings. The van der Waals surface area contributed by atoms with Crippen molar-refractivity contribution in [2.45, 2.75) is 6.92 Å². The second-order valence-corrected chi connectivity index (χ2v) is 4.60. The lowest BCUT2D eigenvalue weighted by Gasteiger charge is -2.03. The van der Waals surface area contributed by atoms with E-state index in [1.165, 1.54) is 0 Å². The van der Waals surface area contributed by atoms with E-state index in [0.29, 0.717) is 11.3 Å². The SMILES string of the molecule is Cc1c(N)cccc1-c1nc(-c2cc(F)cc(F)c2)no1. The molecule has 0 aliphatic carbocycles. The minimum Gasteiger partial charge on any atom is -0.398 e. The van der Waals surface area contributed by atoms with Crippen LogP contribution < -0.4 is 5.73 Å². The third kappa shape index (κ3) is 2.47. The van der Waals surface area contributed by atoms with Gasteiger partial charge in [0.1, 0.15) is 11.6 Å². The summed E-state index contributed by atoms with van der Waals surface area (Å²) in [5.74, 6) is -1.03. The number of nitrogens with two attached hydrogens (primary N) is 1. The van der Waals surface area contributed by atoms with Gasteiger partial charge in [-0.1, -0.05) is 11.2 Å². The van der Waals surface area contributed by atoms with Crippen molar-refractivity contribution >= 4 is 5.69 Å². The molecule has 0 aliphatic heterocycles. The minimum absolute atomic E-state index is 0.116. The number of benzene rings is 2. The number of nitrogens with zero attached hydrogens (tertiary/aromatic N) is 2. The zero-order chi connectivity index (χ0) is 15.0. The highest BCUT2D eigenvalue weighted by Gasteiger charge is 2.14. The Morgan fingerprint density at radius 1 is 1.10 bits per heavy atom. The molecule has 6 heteroatoms. The van der Waals surface area contributed by atoms with E-state index in [-0.39, 0.29) is 17.3 Å². The molecule has 0 bridgehead atoms. The van der Waals surface area contributed by atoms with Gasteiger partial charge in [-0.15, -0.1) is 0 Å². The van der Waals surface area contributed by atoms with Gasteiger partial charge in [0.15, 0.2) is 0 Å². The molecule has 106 valence electrons. The second kappa shape index (κ2) is 4.97. The summed E-state index contributed by atoms with van der Waals surface area (Å²) in [6.45, 7) is 1.83. The molecule has 0 atom stereocenters. The Labute approximate surface area is 119 Å². The first kappa shape index (κ1) is 13.2. The molecule has 0 radical (unpaired) electrons. The second-order valence-electron chi connectivity index (χ2n) is 4.60. The number of hydrogen-bond acceptors (Lipinski definition) is 4. The third-order valence-corrected chi connectivity index (χ3v) is 3.15. The minimum atomic E-state index is -0.698. The maximum Gasteiger partial charge on any atom is 0.258 e. The van der Waals surface area contributed by atoms with E-state index < -0.39 is 11.6 Å². The van der Waals surface area contributed by atoms with Gasteiger partial charge < -0.3 is 10.3 Å². The van der Waals surface area contributed by atoms with E-state index in [1.54, 1.807) is 18.2 Å². The van der Waals surface area contributed by atoms with Crippen LogP contribution in [0.4, 0.5) is 14.5 Å². The summed E-state index contributed by atoms with van der Waals surface area (Å²) in [5, 5.41) is 3.76. The molecule has 3 aromatic rings. The van der Waals surface area contributed by atoms with E-state index >= 15 is 0 Å². The number of rotatable bonds is 2. The molecule has 0 unspecified atom stereocenters. The average Bonchev–Trinajstić information content (AvgIpc) is 2.90. The monoisotopic (exact) mass is 287 g/mol. The smallest absolute Gasteiger partial charge is 0.258 e. The number of anilines is 1. The molecule has 0 saturated carbocycles. The van der Waals surface area contributed by atoms with Crippen LogP contribution in [0.15, 0.2) is 40.9 Å². The molecule has 4 nitrogen and oxygen atoms in total. The fraction of sp³-hybridized carbons (Fsp3) is 0.0667. The van der Waals surface area contributed by atoms with E-state index in [0.717, 1.165) is 23.8 Å². The van der Waals surface area contributed by atoms with E-state index in [9.17, 15) is 8.78 Å². The van der Waals surface area contributed by atoms with Crippen LogP contribution in [0.3, 0.4) is 0 Å². The molecule has 0 saturated heterocycles. The molecule has 2 aromatic carbocycles. The molecule has 0 spiro atoms. The summed E-state index contributed by atoms with van der Waals surface area (Å²) in [5.41, 5.74) is 8.13. The van der Waals surface area contributed by atoms with Gasteiger partial charge in [-0.25, -0.2) is 8.78 Å². The highest BCUT2D eigenvalue weighted by Crippen LogP contribution is 2.28. The average molecular weight is 287 g/mol. The third-order valence-electron chi connectivity index (χ3n) is 3.15. The largest absolute Gasteiger partial charge is 0.398 e. The van der Waals surface area contributed by atoms with Crippen molar-refractivity contribution < 1.29 is 13.3 Å². The Balaban J connectivity index is 2.06. The Kier molecular flexibility index (Phi) is 3.13. The molecular formula is C15H11F2N3O. The van der Waals surface area contributed by atoms with Crippen molar-refractivity contribution in [1.29, 1.82) is 0 Å². The van der Waals surface area contributed by atoms with Crippen LogP contribution in [0.5, 0.6) is 0 Å². The van der Waals surface area contributed by atoms with Crippen molar-refractivity contribution in [2.75, 3.05) is 5.73 Å². The molecule has 1 heterocycles. The number of aromatic nitrogens is 2. The predicted molar refractivity (Wildman–Crippen MR) is 74.2 cm³/mol. The first-order valence-corrected chi connectivity index (χ1v) is 6.20. The van der Waals surface area contributed by atoms with Crippen LogP contribution in [-0.2, 0) is 0 Å². The standard InChI is InChI=1S/C15H11F2N3O/c1-8-12(3-2-4-13(8)18)15-19-14(20-21-15)9-5-10(16)7-11(17)6-9/h2-7H,18H2,1H3. The maximum absolute atomic E-state index is 13.2. The number of halogens is 2. The quantitative estimate of drug-likeness (QED) is 0.732. The van der Waals surface area contributed by atoms with Crippen molar-refractivity contribution in [1.82, 2.24) is 10.1 Å². The fourth-order valence-corrected chi connectivity index (χ4v) is 2.02. The van der Waals surface area contributed by atoms with Crippen LogP contribution >= 0.6 is 0 Å². The number of nitrogen functional groups attached to an aromatic ring is 1. The summed E-state index contributed by atoms with van der Waals surface area (Å²) in [6.07, 6.45) is 0. The van der Waals surface area contributed by atoms with Crippen LogP contribution in [0.2, 0.25) is 0 Å². The van der Waals surface area contributed by atoms with Crippen molar-refractivity contribution in [2.24, 2.45) is 0 Å². The lowest BCUT2D eigenvalue weighted by atomic mass is 10.1. The zero-order valence-corrected chi connectivity index (χ0v) is 11.1. The molecule has 21 heavy (non-hydrogen) atoms. The van der Waals surface area contributed by atoms with Crippen molar-refractivity contribution in [3.63, 3.8) is 0 Å². The summed E-state index contributed by atoms with van der Waals surface area (Å²) in [6, 6.07) is 8.39. The topological polar surface area (TPSA) is 64.9 Å². The van der Waals surface area contributed by atoms with Gasteiger partial charge in [-0.3, -0.25) is 0 Å². The van der Waals surface area contributed by atoms with Gasteiger partial charge >= 0.3 is 0 Å². The Bertz CT molecular complexity index is 794. The molecule has 2 N–H and O–H groups in total. The number of hydrogen-bond donors (Lipinski definition) is 1. The summed E-state index contributed by atoms with van der Waals surface area (Å²) in [7, 11) is 0. The van der Waals surface area contributed by atoms with Gasteiger partial charge in [0.25, 0.3) is 5.89 Å². The van der Waals surface area contributed by atoms with Crippen molar-refractivity contribution in [3.05, 3.63) is 53.6 Å². The molecular weight excluding hydrogens is 276 g/mol. The van der Waals surface area contributed by atoms with E-state index in [2.05, 4.69) is 10.1 Å². The zero-order valence-electron chi connectivity index (χ0n) is 11.1. The highest BCUT2D eigenvalue weighted by atomic mass is 19.1. The van der Waals surface area contributed by atoms with Gasteiger partial charge in [0.05, 0.1) is 0 Å². The summed E-state index contributed by atoms with van der Waals surface area (Å²) >= 11 is 0. The van der Waals surface area contributed by atoms with Gasteiger partial charge in [-0.2, -0.15) is 4.98 Å². The van der Waals surface area contributed by atoms with Crippen LogP contribution in [-0.4, -0.2) is 10.1 Å². The lowest BCUT2D eigenvalue weighted by molar-refractivity contribution is 0.432. The van der Waals surface area contributed by atoms with E-state index in [1.807, 2.05) is 6.92 Å². The van der Waals surface area contributed by atoms with Gasteiger partial charge in [0.2, 0.25) is 5.82 Å². The first-order valence-electron chi connectivity index (χ1n) is 6.20. The Hall–Kier alpha value is -2.76. The van der Waals surface area contributed by atoms with Gasteiger partial charge in [0, 0.05) is 22.9 Å². The lowest BCUT2D eigenvalue weighted by Crippen LogP contribution is -1.92. The highest BCUT2D eigenvalue weighted by molar-refractivity contribution is 5.68. The normalized spacial score (nSPS) is 10.8. The fourth-order valence-electron chi connectivity index (χ4n) is 2.02. The van der Waals surface area contributed by atoms with E-state index in [4.69, 9.17) is 10.3 Å². The van der Waals surface area contributed by atoms with Crippen LogP contribution in [0.1, 0.15) is 5.56 Å². The Morgan fingerprint density at radius 3 is 2.52 bits per heavy atom. The van der Waals surface area contributed by atoms with Crippen LogP contribution in [0, 0.1) is 18.6 Å². The summed E-state index contributed by atoms with van der Waals surface area (Å²) in [4.78, 5) is 4.17. The Morgan fingerprint density at radius 2 is 1.81 bits per heavy atom. The molecule has 1 aromatic heterocycles. The predicted octanol–water partition coefficient (Wildman–Crippen LogP) is 3.57. The molecule has 0 amide bonds. The van der Waals surface area contributed by atoms with Crippen molar-refractivity contribution in [3.8, 4) is 22.8 Å². The first-order chi connectivity index (χ1) is 10.0. The molecule has 0 aliphatic rings. The maximum atomic E-state index is 13.2. The molecule has 3 rings (SSSR count). The van der Waals surface area contributed by atoms with Gasteiger partial charge in [-0.05, 0) is 36.8 Å².